The molecule has 0 heterocycles. The van der Waals surface area contributed by atoms with Crippen molar-refractivity contribution in [2.24, 2.45) is 17.6 Å². The Morgan fingerprint density at radius 1 is 0.721 bits per heavy atom. The first kappa shape index (κ1) is 56.9. The van der Waals surface area contributed by atoms with Crippen molar-refractivity contribution in [1.82, 2.24) is 0 Å². The molecule has 0 spiro atoms. The molecule has 1 unspecified atom stereocenters. The van der Waals surface area contributed by atoms with Crippen LogP contribution in [0.2, 0.25) is 0 Å². The van der Waals surface area contributed by atoms with E-state index in [1.807, 2.05) is 24.3 Å². The van der Waals surface area contributed by atoms with Gasteiger partial charge in [0.2, 0.25) is 0 Å². The third kappa shape index (κ3) is 34.0. The fourth-order valence-corrected chi connectivity index (χ4v) is 8.27. The number of carbonyl (C=O) groups excluding carboxylic acids is 3. The topological polar surface area (TPSA) is 172 Å². The summed E-state index contributed by atoms with van der Waals surface area (Å²) in [6, 6.07) is 0. The summed E-state index contributed by atoms with van der Waals surface area (Å²) in [5.74, 6) is -1.17. The number of nitrogens with two attached hydrogens (primary N) is 1. The predicted molar refractivity (Wildman–Crippen MR) is 247 cm³/mol. The van der Waals surface area contributed by atoms with Crippen LogP contribution in [0.15, 0.2) is 36.5 Å². The lowest BCUT2D eigenvalue weighted by atomic mass is 9.90. The first-order valence-electron chi connectivity index (χ1n) is 24.5. The monoisotopic (exact) mass is 882 g/mol. The van der Waals surface area contributed by atoms with E-state index in [1.54, 1.807) is 12.2 Å². The molecule has 12 heteroatoms. The van der Waals surface area contributed by atoms with Gasteiger partial charge in [-0.2, -0.15) is 0 Å². The summed E-state index contributed by atoms with van der Waals surface area (Å²) < 4.78 is 32.9. The number of unbranched alkanes of at least 4 members (excludes halogenated alkanes) is 23. The molecule has 0 aromatic carbocycles. The van der Waals surface area contributed by atoms with Crippen LogP contribution in [-0.4, -0.2) is 66.3 Å². The summed E-state index contributed by atoms with van der Waals surface area (Å²) in [4.78, 5) is 47.5. The molecule has 0 fully saturated rings. The Bertz CT molecular complexity index is 1240. The van der Waals surface area contributed by atoms with E-state index in [4.69, 9.17) is 24.3 Å². The fraction of sp³-hybridized carbons (Fsp3) is 0.816. The molecule has 1 aliphatic carbocycles. The number of rotatable bonds is 43. The van der Waals surface area contributed by atoms with Crippen LogP contribution in [0.1, 0.15) is 206 Å². The maximum absolute atomic E-state index is 12.7. The number of ether oxygens (including phenoxy) is 2. The number of allylic oxidation sites excluding steroid dienone is 5. The van der Waals surface area contributed by atoms with E-state index in [0.717, 1.165) is 38.5 Å². The Morgan fingerprint density at radius 2 is 1.25 bits per heavy atom. The Hall–Kier alpha value is -2.14. The van der Waals surface area contributed by atoms with Gasteiger partial charge in [0.05, 0.1) is 19.3 Å². The highest BCUT2D eigenvalue weighted by Gasteiger charge is 2.27. The van der Waals surface area contributed by atoms with E-state index < -0.39 is 38.6 Å². The first-order chi connectivity index (χ1) is 29.6. The largest absolute Gasteiger partial charge is 0.472 e. The van der Waals surface area contributed by atoms with E-state index >= 15 is 0 Å². The van der Waals surface area contributed by atoms with Gasteiger partial charge in [-0.05, 0) is 44.1 Å². The zero-order valence-electron chi connectivity index (χ0n) is 38.5. The lowest BCUT2D eigenvalue weighted by Crippen LogP contribution is -2.29. The Kier molecular flexibility index (Phi) is 36.8. The Balaban J connectivity index is 2.26. The molecule has 0 bridgehead atoms. The molecule has 0 radical (unpaired) electrons. The molecule has 0 aliphatic heterocycles. The van der Waals surface area contributed by atoms with Crippen LogP contribution in [-0.2, 0) is 37.5 Å². The zero-order valence-corrected chi connectivity index (χ0v) is 39.4. The van der Waals surface area contributed by atoms with Crippen molar-refractivity contribution < 1.29 is 47.5 Å². The molecule has 0 aromatic rings. The number of aliphatic hydroxyl groups excluding tert-OH is 1. The van der Waals surface area contributed by atoms with Crippen LogP contribution in [0.25, 0.3) is 0 Å². The molecule has 61 heavy (non-hydrogen) atoms. The van der Waals surface area contributed by atoms with Gasteiger partial charge < -0.3 is 25.2 Å². The summed E-state index contributed by atoms with van der Waals surface area (Å²) in [6.45, 7) is 3.44. The number of carbonyl (C=O) groups is 3. The second-order valence-corrected chi connectivity index (χ2v) is 18.5. The summed E-state index contributed by atoms with van der Waals surface area (Å²) in [6.07, 6.45) is 42.4. The minimum Gasteiger partial charge on any atom is -0.462 e. The van der Waals surface area contributed by atoms with Crippen LogP contribution in [0, 0.1) is 11.8 Å². The molecule has 4 N–H and O–H groups in total. The molecule has 0 aromatic heterocycles. The third-order valence-electron chi connectivity index (χ3n) is 11.3. The van der Waals surface area contributed by atoms with E-state index in [2.05, 4.69) is 13.8 Å². The molecular formula is C49H88NO10P. The number of phosphoric ester groups is 1. The van der Waals surface area contributed by atoms with Crippen molar-refractivity contribution in [1.29, 1.82) is 0 Å². The third-order valence-corrected chi connectivity index (χ3v) is 12.3. The van der Waals surface area contributed by atoms with Crippen LogP contribution in [0.4, 0.5) is 0 Å². The zero-order chi connectivity index (χ0) is 44.7. The SMILES string of the molecule is CCCCCCCCCCCCCCCCCCCCCCCC(=O)O[C@H](COC(=O)CCC/C=C\C[C@H]1C=CC(=O)[C@@H]1/C=C/[C@@H](O)CCCCC)COP(=O)(O)OCCN. The maximum Gasteiger partial charge on any atom is 0.472 e. The summed E-state index contributed by atoms with van der Waals surface area (Å²) in [7, 11) is -4.43. The standard InChI is InChI=1S/C49H88NO10P/c1-3-5-7-8-9-10-11-12-13-14-15-16-17-18-19-20-21-22-23-24-30-34-49(54)60-45(42-59-61(55,56)58-40-39-50)41-57-48(53)33-29-26-25-28-31-43-35-38-47(52)46(43)37-36-44(51)32-27-6-4-2/h25,28,35-38,43-46,51H,3-24,26-27,29-34,39-42,50H2,1-2H3,(H,55,56)/b28-25-,37-36+/t43-,44-,45+,46+/m0/s1. The van der Waals surface area contributed by atoms with Crippen LogP contribution >= 0.6 is 7.82 Å². The van der Waals surface area contributed by atoms with Gasteiger partial charge in [-0.25, -0.2) is 4.57 Å². The van der Waals surface area contributed by atoms with Gasteiger partial charge in [0, 0.05) is 25.3 Å². The van der Waals surface area contributed by atoms with Crippen LogP contribution in [0.3, 0.4) is 0 Å². The molecule has 0 saturated carbocycles. The van der Waals surface area contributed by atoms with E-state index in [-0.39, 0.29) is 50.2 Å². The van der Waals surface area contributed by atoms with Crippen molar-refractivity contribution in [3.63, 3.8) is 0 Å². The quantitative estimate of drug-likeness (QED) is 0.0230. The van der Waals surface area contributed by atoms with Gasteiger partial charge in [-0.3, -0.25) is 23.4 Å². The van der Waals surface area contributed by atoms with E-state index in [0.29, 0.717) is 32.1 Å². The summed E-state index contributed by atoms with van der Waals surface area (Å²) in [5, 5.41) is 10.2. The van der Waals surface area contributed by atoms with Crippen molar-refractivity contribution >= 4 is 25.5 Å². The maximum atomic E-state index is 12.7. The minimum absolute atomic E-state index is 0.0259. The van der Waals surface area contributed by atoms with Gasteiger partial charge in [0.1, 0.15) is 6.61 Å². The van der Waals surface area contributed by atoms with Gasteiger partial charge in [0.25, 0.3) is 0 Å². The van der Waals surface area contributed by atoms with Crippen LogP contribution < -0.4 is 5.73 Å². The molecule has 0 saturated heterocycles. The summed E-state index contributed by atoms with van der Waals surface area (Å²) >= 11 is 0. The summed E-state index contributed by atoms with van der Waals surface area (Å²) in [5.41, 5.74) is 5.36. The molecular weight excluding hydrogens is 794 g/mol. The second kappa shape index (κ2) is 39.5. The molecule has 0 amide bonds. The Morgan fingerprint density at radius 3 is 1.80 bits per heavy atom. The average Bonchev–Trinajstić information content (AvgIpc) is 3.60. The molecule has 354 valence electrons. The number of aliphatic hydroxyl groups is 1. The predicted octanol–water partition coefficient (Wildman–Crippen LogP) is 12.1. The molecule has 1 aliphatic rings. The number of esters is 2. The Labute approximate surface area is 371 Å². The van der Waals surface area contributed by atoms with Crippen molar-refractivity contribution in [2.75, 3.05) is 26.4 Å². The number of ketones is 1. The van der Waals surface area contributed by atoms with Crippen LogP contribution in [0.5, 0.6) is 0 Å². The fourth-order valence-electron chi connectivity index (χ4n) is 7.51. The van der Waals surface area contributed by atoms with E-state index in [1.165, 1.54) is 109 Å². The molecule has 11 nitrogen and oxygen atoms in total. The number of phosphoric acid groups is 1. The van der Waals surface area contributed by atoms with E-state index in [9.17, 15) is 28.9 Å². The van der Waals surface area contributed by atoms with Gasteiger partial charge in [-0.1, -0.05) is 192 Å². The highest BCUT2D eigenvalue weighted by Crippen LogP contribution is 2.43. The molecule has 1 rings (SSSR count). The first-order valence-corrected chi connectivity index (χ1v) is 26.0. The van der Waals surface area contributed by atoms with Crippen molar-refractivity contribution in [3.8, 4) is 0 Å². The number of hydrogen-bond acceptors (Lipinski definition) is 10. The van der Waals surface area contributed by atoms with Gasteiger partial charge >= 0.3 is 19.8 Å². The van der Waals surface area contributed by atoms with Crippen molar-refractivity contribution in [2.45, 2.75) is 219 Å². The second-order valence-electron chi connectivity index (χ2n) is 17.0. The van der Waals surface area contributed by atoms with Crippen molar-refractivity contribution in [3.05, 3.63) is 36.5 Å². The normalized spacial score (nSPS) is 17.4. The highest BCUT2D eigenvalue weighted by atomic mass is 31.2. The molecule has 5 atom stereocenters. The van der Waals surface area contributed by atoms with Gasteiger partial charge in [-0.15, -0.1) is 0 Å². The number of hydrogen-bond donors (Lipinski definition) is 3. The minimum atomic E-state index is -4.43. The highest BCUT2D eigenvalue weighted by molar-refractivity contribution is 7.47. The lowest BCUT2D eigenvalue weighted by Gasteiger charge is -2.19. The smallest absolute Gasteiger partial charge is 0.462 e. The van der Waals surface area contributed by atoms with Gasteiger partial charge in [0.15, 0.2) is 11.9 Å². The lowest BCUT2D eigenvalue weighted by molar-refractivity contribution is -0.161. The average molecular weight is 882 g/mol.